The molecule has 0 unspecified atom stereocenters. The van der Waals surface area contributed by atoms with Gasteiger partial charge < -0.3 is 18.8 Å². The molecule has 12 nitrogen and oxygen atoms in total. The number of halogens is 1. The number of oxazole rings is 1. The summed E-state index contributed by atoms with van der Waals surface area (Å²) in [7, 11) is -2.68. The van der Waals surface area contributed by atoms with Crippen LogP contribution in [0.25, 0.3) is 11.1 Å². The molecule has 3 heterocycles. The van der Waals surface area contributed by atoms with Gasteiger partial charge in [0.15, 0.2) is 5.58 Å². The fourth-order valence-electron chi connectivity index (χ4n) is 6.00. The van der Waals surface area contributed by atoms with Crippen LogP contribution in [0.5, 0.6) is 5.75 Å². The highest BCUT2D eigenvalue weighted by Gasteiger charge is 2.33. The highest BCUT2D eigenvalue weighted by molar-refractivity contribution is 9.10. The van der Waals surface area contributed by atoms with Gasteiger partial charge in [-0.1, -0.05) is 24.3 Å². The Labute approximate surface area is 296 Å². The number of methoxy groups -OCH3 is 1. The monoisotopic (exact) mass is 769 g/mol. The molecule has 0 radical (unpaired) electrons. The van der Waals surface area contributed by atoms with Crippen LogP contribution in [0, 0.1) is 6.92 Å². The summed E-state index contributed by atoms with van der Waals surface area (Å²) in [6, 6.07) is 13.8. The number of amides is 1. The van der Waals surface area contributed by atoms with E-state index in [1.165, 1.54) is 21.3 Å². The number of nitrogens with zero attached hydrogens (tertiary/aromatic N) is 5. The third-order valence-electron chi connectivity index (χ3n) is 8.46. The van der Waals surface area contributed by atoms with E-state index < -0.39 is 33.5 Å². The Bertz CT molecular complexity index is 2210. The van der Waals surface area contributed by atoms with Gasteiger partial charge in [0.1, 0.15) is 22.6 Å². The van der Waals surface area contributed by atoms with E-state index in [0.29, 0.717) is 30.8 Å². The number of sulfonamides is 1. The molecule has 6 rings (SSSR count). The number of rotatable bonds is 8. The number of aromatic nitrogens is 3. The SMILES string of the molecule is COc1ccc(CN(c2ncns2)S(=O)(=O)c2cc3oc(=O)n([C@H](C)c4cccc5c4CN(C(=O)OC(C)(C)C)CC5)c3cc2Br)c(C)c1. The number of ether oxygens (including phenoxy) is 2. The fourth-order valence-corrected chi connectivity index (χ4v) is 9.14. The summed E-state index contributed by atoms with van der Waals surface area (Å²) in [5.41, 5.74) is 4.35. The highest BCUT2D eigenvalue weighted by atomic mass is 79.9. The Morgan fingerprint density at radius 2 is 1.96 bits per heavy atom. The summed E-state index contributed by atoms with van der Waals surface area (Å²) in [6.07, 6.45) is 1.55. The van der Waals surface area contributed by atoms with Gasteiger partial charge in [0.25, 0.3) is 10.0 Å². The van der Waals surface area contributed by atoms with Gasteiger partial charge in [0.2, 0.25) is 5.13 Å². The minimum absolute atomic E-state index is 0.0146. The van der Waals surface area contributed by atoms with Gasteiger partial charge in [-0.05, 0) is 103 Å². The summed E-state index contributed by atoms with van der Waals surface area (Å²) in [6.45, 7) is 10.1. The van der Waals surface area contributed by atoms with Crippen LogP contribution in [-0.4, -0.2) is 52.6 Å². The number of carbonyl (C=O) groups excluding carboxylic acids is 1. The second-order valence-corrected chi connectivity index (χ2v) is 16.3. The number of aryl methyl sites for hydroxylation is 1. The molecule has 3 aromatic carbocycles. The van der Waals surface area contributed by atoms with Crippen molar-refractivity contribution in [2.45, 2.75) is 70.7 Å². The van der Waals surface area contributed by atoms with E-state index >= 15 is 0 Å². The Kier molecular flexibility index (Phi) is 9.37. The number of hydrogen-bond donors (Lipinski definition) is 0. The molecule has 5 aromatic rings. The Balaban J connectivity index is 1.37. The molecular weight excluding hydrogens is 734 g/mol. The molecule has 1 aliphatic rings. The number of benzene rings is 3. The topological polar surface area (TPSA) is 137 Å². The van der Waals surface area contributed by atoms with E-state index in [9.17, 15) is 18.0 Å². The normalized spacial score (nSPS) is 14.1. The first kappa shape index (κ1) is 34.6. The molecule has 0 N–H and O–H groups in total. The first-order valence-electron chi connectivity index (χ1n) is 15.5. The number of anilines is 1. The maximum absolute atomic E-state index is 14.4. The number of carbonyl (C=O) groups is 1. The van der Waals surface area contributed by atoms with Crippen LogP contribution in [0.2, 0.25) is 0 Å². The lowest BCUT2D eigenvalue weighted by molar-refractivity contribution is 0.0223. The van der Waals surface area contributed by atoms with Crippen molar-refractivity contribution in [3.8, 4) is 5.75 Å². The molecule has 0 aliphatic carbocycles. The average Bonchev–Trinajstić information content (AvgIpc) is 3.69. The number of fused-ring (bicyclic) bond motifs is 2. The molecule has 0 spiro atoms. The van der Waals surface area contributed by atoms with E-state index in [1.807, 2.05) is 65.0 Å². The number of hydrogen-bond acceptors (Lipinski definition) is 10. The summed E-state index contributed by atoms with van der Waals surface area (Å²) >= 11 is 4.44. The first-order chi connectivity index (χ1) is 23.2. The smallest absolute Gasteiger partial charge is 0.420 e. The van der Waals surface area contributed by atoms with Crippen LogP contribution in [0.4, 0.5) is 9.93 Å². The van der Waals surface area contributed by atoms with Gasteiger partial charge in [0.05, 0.1) is 25.2 Å². The van der Waals surface area contributed by atoms with Crippen molar-refractivity contribution in [1.82, 2.24) is 18.8 Å². The maximum Gasteiger partial charge on any atom is 0.420 e. The summed E-state index contributed by atoms with van der Waals surface area (Å²) in [5.74, 6) is 0.0149. The van der Waals surface area contributed by atoms with E-state index in [-0.39, 0.29) is 26.6 Å². The van der Waals surface area contributed by atoms with Crippen LogP contribution in [0.3, 0.4) is 0 Å². The standard InChI is InChI=1S/C34H36BrN5O7S2/c1-20-14-24(45-6)11-10-23(20)17-39(31-36-19-37-48-31)49(43,44)30-16-29-28(15-27(30)35)40(33(42)46-29)21(2)25-9-7-8-22-12-13-38(18-26(22)25)32(41)47-34(3,4)5/h7-11,14-16,19,21H,12-13,17-18H2,1-6H3/t21-/m1/s1. The van der Waals surface area contributed by atoms with Crippen LogP contribution in [-0.2, 0) is 34.3 Å². The van der Waals surface area contributed by atoms with Crippen molar-refractivity contribution in [3.05, 3.63) is 97.7 Å². The molecule has 15 heteroatoms. The molecule has 2 aromatic heterocycles. The van der Waals surface area contributed by atoms with Crippen molar-refractivity contribution in [2.24, 2.45) is 0 Å². The van der Waals surface area contributed by atoms with Gasteiger partial charge in [-0.3, -0.25) is 4.57 Å². The molecule has 1 aliphatic heterocycles. The predicted octanol–water partition coefficient (Wildman–Crippen LogP) is 6.82. The molecule has 1 atom stereocenters. The van der Waals surface area contributed by atoms with E-state index in [4.69, 9.17) is 13.9 Å². The quantitative estimate of drug-likeness (QED) is 0.166. The van der Waals surface area contributed by atoms with Crippen LogP contribution in [0.1, 0.15) is 61.6 Å². The minimum atomic E-state index is -4.25. The van der Waals surface area contributed by atoms with Crippen molar-refractivity contribution in [1.29, 1.82) is 0 Å². The summed E-state index contributed by atoms with van der Waals surface area (Å²) in [5, 5.41) is 0.184. The van der Waals surface area contributed by atoms with Gasteiger partial charge in [-0.2, -0.15) is 4.37 Å². The molecular formula is C34H36BrN5O7S2. The molecule has 0 fully saturated rings. The zero-order valence-corrected chi connectivity index (χ0v) is 31.1. The predicted molar refractivity (Wildman–Crippen MR) is 190 cm³/mol. The van der Waals surface area contributed by atoms with E-state index in [1.54, 1.807) is 24.1 Å². The molecule has 258 valence electrons. The van der Waals surface area contributed by atoms with Gasteiger partial charge in [-0.25, -0.2) is 27.3 Å². The molecule has 49 heavy (non-hydrogen) atoms. The van der Waals surface area contributed by atoms with Crippen LogP contribution in [0.15, 0.2) is 73.4 Å². The lowest BCUT2D eigenvalue weighted by atomic mass is 9.91. The minimum Gasteiger partial charge on any atom is -0.497 e. The molecule has 0 saturated heterocycles. The van der Waals surface area contributed by atoms with Gasteiger partial charge in [0, 0.05) is 35.2 Å². The van der Waals surface area contributed by atoms with Crippen LogP contribution < -0.4 is 14.8 Å². The lowest BCUT2D eigenvalue weighted by Crippen LogP contribution is -2.40. The average molecular weight is 771 g/mol. The Hall–Kier alpha value is -4.21. The zero-order valence-electron chi connectivity index (χ0n) is 27.9. The third-order valence-corrected chi connectivity index (χ3v) is 12.0. The van der Waals surface area contributed by atoms with Crippen molar-refractivity contribution in [2.75, 3.05) is 18.0 Å². The second-order valence-electron chi connectivity index (χ2n) is 12.8. The fraction of sp³-hybridized carbons (Fsp3) is 0.353. The van der Waals surface area contributed by atoms with Gasteiger partial charge in [-0.15, -0.1) is 0 Å². The molecule has 1 amide bonds. The zero-order chi connectivity index (χ0) is 35.2. The Morgan fingerprint density at radius 1 is 1.18 bits per heavy atom. The van der Waals surface area contributed by atoms with Crippen LogP contribution >= 0.6 is 27.5 Å². The van der Waals surface area contributed by atoms with Crippen molar-refractivity contribution in [3.63, 3.8) is 0 Å². The largest absolute Gasteiger partial charge is 0.497 e. The highest BCUT2D eigenvalue weighted by Crippen LogP contribution is 2.36. The van der Waals surface area contributed by atoms with Gasteiger partial charge >= 0.3 is 11.8 Å². The third kappa shape index (κ3) is 6.83. The maximum atomic E-state index is 14.4. The molecule has 0 bridgehead atoms. The van der Waals surface area contributed by atoms with E-state index in [0.717, 1.165) is 39.3 Å². The molecule has 0 saturated carbocycles. The van der Waals surface area contributed by atoms with E-state index in [2.05, 4.69) is 25.3 Å². The second kappa shape index (κ2) is 13.2. The summed E-state index contributed by atoms with van der Waals surface area (Å²) < 4.78 is 52.3. The summed E-state index contributed by atoms with van der Waals surface area (Å²) in [4.78, 5) is 32.2. The first-order valence-corrected chi connectivity index (χ1v) is 18.5. The lowest BCUT2D eigenvalue weighted by Gasteiger charge is -2.33. The van der Waals surface area contributed by atoms with Crippen molar-refractivity contribution >= 4 is 59.8 Å². The Morgan fingerprint density at radius 3 is 2.63 bits per heavy atom. The van der Waals surface area contributed by atoms with Crippen molar-refractivity contribution < 1.29 is 27.1 Å².